The van der Waals surface area contributed by atoms with Crippen LogP contribution >= 0.6 is 11.6 Å². The molecule has 2 saturated heterocycles. The van der Waals surface area contributed by atoms with Crippen LogP contribution in [0.5, 0.6) is 0 Å². The zero-order chi connectivity index (χ0) is 18.4. The molecule has 2 aliphatic rings. The quantitative estimate of drug-likeness (QED) is 0.829. The van der Waals surface area contributed by atoms with Gasteiger partial charge < -0.3 is 10.2 Å². The molecule has 0 spiro atoms. The Balaban J connectivity index is 1.82. The molecule has 0 aromatic heterocycles. The molecule has 7 nitrogen and oxygen atoms in total. The summed E-state index contributed by atoms with van der Waals surface area (Å²) in [7, 11) is -3.74. The number of amides is 2. The average molecular weight is 386 g/mol. The first-order chi connectivity index (χ1) is 11.7. The third kappa shape index (κ3) is 3.26. The van der Waals surface area contributed by atoms with E-state index in [9.17, 15) is 18.0 Å². The standard InChI is InChI=1S/C16H20ClN3O4S/c1-10(2)14-16(22)20-8-7-19(9-13(20)15(21)18-14)25(23,24)12-5-3-11(17)4-6-12/h3-6,10,13-14H,7-9H2,1-2H3,(H,18,21)/t13-,14+/m1/s1. The Morgan fingerprint density at radius 1 is 1.16 bits per heavy atom. The molecule has 2 aliphatic heterocycles. The van der Waals surface area contributed by atoms with E-state index >= 15 is 0 Å². The van der Waals surface area contributed by atoms with E-state index in [-0.39, 0.29) is 42.3 Å². The molecule has 0 radical (unpaired) electrons. The van der Waals surface area contributed by atoms with Gasteiger partial charge in [-0.25, -0.2) is 8.42 Å². The molecule has 25 heavy (non-hydrogen) atoms. The fraction of sp³-hybridized carbons (Fsp3) is 0.500. The highest BCUT2D eigenvalue weighted by Crippen LogP contribution is 2.24. The zero-order valence-corrected chi connectivity index (χ0v) is 15.5. The Morgan fingerprint density at radius 2 is 1.80 bits per heavy atom. The van der Waals surface area contributed by atoms with Crippen LogP contribution in [-0.2, 0) is 19.6 Å². The zero-order valence-electron chi connectivity index (χ0n) is 14.0. The number of carbonyl (C=O) groups is 2. The van der Waals surface area contributed by atoms with Crippen LogP contribution in [-0.4, -0.2) is 61.2 Å². The van der Waals surface area contributed by atoms with Crippen LogP contribution in [0.3, 0.4) is 0 Å². The van der Waals surface area contributed by atoms with E-state index in [1.165, 1.54) is 33.5 Å². The summed E-state index contributed by atoms with van der Waals surface area (Å²) in [6, 6.07) is 4.54. The summed E-state index contributed by atoms with van der Waals surface area (Å²) < 4.78 is 26.8. The lowest BCUT2D eigenvalue weighted by atomic mass is 9.97. The minimum Gasteiger partial charge on any atom is -0.342 e. The number of benzene rings is 1. The second-order valence-electron chi connectivity index (χ2n) is 6.59. The average Bonchev–Trinajstić information content (AvgIpc) is 2.57. The van der Waals surface area contributed by atoms with E-state index in [4.69, 9.17) is 11.6 Å². The number of piperazine rings is 2. The SMILES string of the molecule is CC(C)[C@@H]1NC(=O)[C@H]2CN(S(=O)(=O)c3ccc(Cl)cc3)CCN2C1=O. The topological polar surface area (TPSA) is 86.8 Å². The van der Waals surface area contributed by atoms with Gasteiger partial charge in [0, 0.05) is 24.7 Å². The minimum absolute atomic E-state index is 0.0202. The molecule has 2 heterocycles. The first kappa shape index (κ1) is 18.2. The number of sulfonamides is 1. The molecule has 136 valence electrons. The number of halogens is 1. The Morgan fingerprint density at radius 3 is 2.40 bits per heavy atom. The van der Waals surface area contributed by atoms with Crippen molar-refractivity contribution in [1.82, 2.24) is 14.5 Å². The highest BCUT2D eigenvalue weighted by Gasteiger charge is 2.46. The molecule has 2 atom stereocenters. The molecule has 1 aromatic carbocycles. The summed E-state index contributed by atoms with van der Waals surface area (Å²) in [6.45, 7) is 4.04. The van der Waals surface area contributed by atoms with Gasteiger partial charge in [-0.05, 0) is 30.2 Å². The summed E-state index contributed by atoms with van der Waals surface area (Å²) in [5, 5.41) is 3.16. The van der Waals surface area contributed by atoms with Gasteiger partial charge in [0.25, 0.3) is 0 Å². The molecule has 0 saturated carbocycles. The van der Waals surface area contributed by atoms with Crippen LogP contribution in [0.15, 0.2) is 29.2 Å². The van der Waals surface area contributed by atoms with Gasteiger partial charge in [-0.15, -0.1) is 0 Å². The fourth-order valence-corrected chi connectivity index (χ4v) is 4.73. The number of nitrogens with zero attached hydrogens (tertiary/aromatic N) is 2. The number of carbonyl (C=O) groups excluding carboxylic acids is 2. The minimum atomic E-state index is -3.74. The highest BCUT2D eigenvalue weighted by atomic mass is 35.5. The predicted octanol–water partition coefficient (Wildman–Crippen LogP) is 0.696. The normalized spacial score (nSPS) is 25.0. The lowest BCUT2D eigenvalue weighted by Crippen LogP contribution is -2.70. The number of fused-ring (bicyclic) bond motifs is 1. The summed E-state index contributed by atoms with van der Waals surface area (Å²) in [6.07, 6.45) is 0. The Kier molecular flexibility index (Phi) is 4.78. The van der Waals surface area contributed by atoms with Crippen molar-refractivity contribution < 1.29 is 18.0 Å². The van der Waals surface area contributed by atoms with Crippen molar-refractivity contribution in [3.8, 4) is 0 Å². The van der Waals surface area contributed by atoms with Crippen LogP contribution in [0.4, 0.5) is 0 Å². The van der Waals surface area contributed by atoms with E-state index in [2.05, 4.69) is 5.32 Å². The van der Waals surface area contributed by atoms with Crippen LogP contribution in [0.1, 0.15) is 13.8 Å². The summed E-state index contributed by atoms with van der Waals surface area (Å²) in [5.41, 5.74) is 0. The summed E-state index contributed by atoms with van der Waals surface area (Å²) >= 11 is 5.81. The van der Waals surface area contributed by atoms with Crippen LogP contribution in [0.25, 0.3) is 0 Å². The van der Waals surface area contributed by atoms with Crippen LogP contribution in [0, 0.1) is 5.92 Å². The molecule has 2 amide bonds. The maximum atomic E-state index is 12.8. The van der Waals surface area contributed by atoms with Crippen LogP contribution in [0.2, 0.25) is 5.02 Å². The predicted molar refractivity (Wildman–Crippen MR) is 92.5 cm³/mol. The van der Waals surface area contributed by atoms with Gasteiger partial charge in [0.2, 0.25) is 21.8 Å². The lowest BCUT2D eigenvalue weighted by Gasteiger charge is -2.45. The van der Waals surface area contributed by atoms with Crippen molar-refractivity contribution >= 4 is 33.4 Å². The summed E-state index contributed by atoms with van der Waals surface area (Å²) in [5.74, 6) is -0.481. The third-order valence-corrected chi connectivity index (χ3v) is 6.74. The van der Waals surface area contributed by atoms with E-state index in [1.807, 2.05) is 13.8 Å². The van der Waals surface area contributed by atoms with Crippen molar-refractivity contribution in [2.24, 2.45) is 5.92 Å². The molecule has 1 aromatic rings. The third-order valence-electron chi connectivity index (χ3n) is 4.61. The van der Waals surface area contributed by atoms with Gasteiger partial charge in [-0.3, -0.25) is 9.59 Å². The second kappa shape index (κ2) is 6.59. The molecular weight excluding hydrogens is 366 g/mol. The van der Waals surface area contributed by atoms with Gasteiger partial charge >= 0.3 is 0 Å². The summed E-state index contributed by atoms with van der Waals surface area (Å²) in [4.78, 5) is 26.6. The molecule has 0 bridgehead atoms. The van der Waals surface area contributed by atoms with Gasteiger partial charge in [0.15, 0.2) is 0 Å². The van der Waals surface area contributed by atoms with Crippen molar-refractivity contribution in [3.05, 3.63) is 29.3 Å². The monoisotopic (exact) mass is 385 g/mol. The van der Waals surface area contributed by atoms with Crippen molar-refractivity contribution in [2.45, 2.75) is 30.8 Å². The molecule has 0 aliphatic carbocycles. The van der Waals surface area contributed by atoms with Crippen molar-refractivity contribution in [2.75, 3.05) is 19.6 Å². The van der Waals surface area contributed by atoms with Crippen LogP contribution < -0.4 is 5.32 Å². The second-order valence-corrected chi connectivity index (χ2v) is 8.97. The number of hydrogen-bond acceptors (Lipinski definition) is 4. The largest absolute Gasteiger partial charge is 0.342 e. The first-order valence-corrected chi connectivity index (χ1v) is 9.90. The number of hydrogen-bond donors (Lipinski definition) is 1. The Hall–Kier alpha value is -1.64. The molecule has 0 unspecified atom stereocenters. The lowest BCUT2D eigenvalue weighted by molar-refractivity contribution is -0.152. The highest BCUT2D eigenvalue weighted by molar-refractivity contribution is 7.89. The molecular formula is C16H20ClN3O4S. The number of rotatable bonds is 3. The Bertz CT molecular complexity index is 794. The number of nitrogens with one attached hydrogen (secondary N) is 1. The van der Waals surface area contributed by atoms with Gasteiger partial charge in [-0.1, -0.05) is 25.4 Å². The van der Waals surface area contributed by atoms with Gasteiger partial charge in [0.1, 0.15) is 12.1 Å². The first-order valence-electron chi connectivity index (χ1n) is 8.08. The van der Waals surface area contributed by atoms with Gasteiger partial charge in [-0.2, -0.15) is 4.31 Å². The Labute approximate surface area is 152 Å². The van der Waals surface area contributed by atoms with E-state index < -0.39 is 22.1 Å². The molecule has 2 fully saturated rings. The van der Waals surface area contributed by atoms with Gasteiger partial charge in [0.05, 0.1) is 4.90 Å². The van der Waals surface area contributed by atoms with E-state index in [1.54, 1.807) is 0 Å². The molecule has 9 heteroatoms. The maximum Gasteiger partial charge on any atom is 0.246 e. The molecule has 3 rings (SSSR count). The fourth-order valence-electron chi connectivity index (χ4n) is 3.16. The van der Waals surface area contributed by atoms with E-state index in [0.717, 1.165) is 0 Å². The van der Waals surface area contributed by atoms with Crippen molar-refractivity contribution in [3.63, 3.8) is 0 Å². The van der Waals surface area contributed by atoms with E-state index in [0.29, 0.717) is 5.02 Å². The molecule has 1 N–H and O–H groups in total. The smallest absolute Gasteiger partial charge is 0.246 e. The van der Waals surface area contributed by atoms with Crippen molar-refractivity contribution in [1.29, 1.82) is 0 Å². The maximum absolute atomic E-state index is 12.8.